The van der Waals surface area contributed by atoms with Crippen LogP contribution in [0, 0.1) is 5.92 Å². The van der Waals surface area contributed by atoms with Crippen molar-refractivity contribution >= 4 is 34.9 Å². The predicted molar refractivity (Wildman–Crippen MR) is 174 cm³/mol. The van der Waals surface area contributed by atoms with Crippen molar-refractivity contribution in [3.8, 4) is 23.0 Å². The highest BCUT2D eigenvalue weighted by molar-refractivity contribution is 6.20. The molecule has 4 aromatic carbocycles. The highest BCUT2D eigenvalue weighted by atomic mass is 16.5. The van der Waals surface area contributed by atoms with Crippen LogP contribution in [0.15, 0.2) is 91.0 Å². The molecule has 0 aromatic heterocycles. The second-order valence-corrected chi connectivity index (χ2v) is 11.4. The van der Waals surface area contributed by atoms with Gasteiger partial charge in [-0.3, -0.25) is 14.4 Å². The summed E-state index contributed by atoms with van der Waals surface area (Å²) in [5.41, 5.74) is 1.86. The van der Waals surface area contributed by atoms with Crippen LogP contribution in [0.25, 0.3) is 6.08 Å². The maximum atomic E-state index is 15.1. The summed E-state index contributed by atoms with van der Waals surface area (Å²) in [5, 5.41) is 3.03. The number of hydrogen-bond acceptors (Lipinski definition) is 8. The van der Waals surface area contributed by atoms with Crippen molar-refractivity contribution in [1.82, 2.24) is 0 Å². The van der Waals surface area contributed by atoms with E-state index >= 15 is 9.59 Å². The summed E-state index contributed by atoms with van der Waals surface area (Å²) in [6.45, 7) is 0. The largest absolute Gasteiger partial charge is 0.493 e. The van der Waals surface area contributed by atoms with Crippen LogP contribution in [0.4, 0.5) is 11.4 Å². The van der Waals surface area contributed by atoms with Gasteiger partial charge in [0.1, 0.15) is 11.5 Å². The number of ketones is 2. The fraction of sp³-hybridized carbons (Fsp3) is 0.216. The second-order valence-electron chi connectivity index (χ2n) is 11.4. The summed E-state index contributed by atoms with van der Waals surface area (Å²) in [5.74, 6) is -0.325. The van der Waals surface area contributed by atoms with Gasteiger partial charge >= 0.3 is 0 Å². The Morgan fingerprint density at radius 1 is 0.717 bits per heavy atom. The van der Waals surface area contributed by atoms with Gasteiger partial charge in [-0.15, -0.1) is 0 Å². The van der Waals surface area contributed by atoms with Crippen molar-refractivity contribution in [1.29, 1.82) is 0 Å². The molecule has 1 saturated heterocycles. The molecule has 1 fully saturated rings. The van der Waals surface area contributed by atoms with E-state index in [1.807, 2.05) is 59.5 Å². The van der Waals surface area contributed by atoms with E-state index in [-0.39, 0.29) is 11.6 Å². The number of para-hydroxylation sites is 2. The molecular weight excluding hydrogens is 584 g/mol. The molecule has 9 heteroatoms. The number of carbonyl (C=O) groups excluding carboxylic acids is 3. The molecule has 3 aliphatic heterocycles. The minimum absolute atomic E-state index is 0.297. The van der Waals surface area contributed by atoms with Gasteiger partial charge in [-0.1, -0.05) is 48.6 Å². The molecule has 1 amide bonds. The van der Waals surface area contributed by atoms with Crippen molar-refractivity contribution in [2.24, 2.45) is 5.92 Å². The number of fused-ring (bicyclic) bond motifs is 5. The third-order valence-electron chi connectivity index (χ3n) is 9.41. The molecule has 0 saturated carbocycles. The van der Waals surface area contributed by atoms with Crippen LogP contribution in [0.1, 0.15) is 31.8 Å². The number of rotatable bonds is 8. The molecule has 232 valence electrons. The molecule has 3 heterocycles. The van der Waals surface area contributed by atoms with E-state index in [4.69, 9.17) is 18.9 Å². The third kappa shape index (κ3) is 4.04. The normalized spacial score (nSPS) is 22.0. The lowest BCUT2D eigenvalue weighted by Gasteiger charge is -2.37. The second kappa shape index (κ2) is 11.1. The minimum Gasteiger partial charge on any atom is -0.493 e. The van der Waals surface area contributed by atoms with E-state index < -0.39 is 29.3 Å². The Balaban J connectivity index is 1.51. The van der Waals surface area contributed by atoms with E-state index in [1.54, 1.807) is 42.5 Å². The lowest BCUT2D eigenvalue weighted by molar-refractivity contribution is -0.121. The first-order valence-corrected chi connectivity index (χ1v) is 14.9. The van der Waals surface area contributed by atoms with E-state index in [2.05, 4.69) is 5.32 Å². The van der Waals surface area contributed by atoms with Crippen molar-refractivity contribution in [3.05, 3.63) is 113 Å². The first kappa shape index (κ1) is 29.2. The Kier molecular flexibility index (Phi) is 7.04. The van der Waals surface area contributed by atoms with Crippen LogP contribution < -0.4 is 29.2 Å². The fourth-order valence-electron chi connectivity index (χ4n) is 7.45. The van der Waals surface area contributed by atoms with E-state index in [1.165, 1.54) is 28.4 Å². The smallest absolute Gasteiger partial charge is 0.238 e. The van der Waals surface area contributed by atoms with Crippen LogP contribution >= 0.6 is 0 Å². The first-order valence-electron chi connectivity index (χ1n) is 14.9. The van der Waals surface area contributed by atoms with Gasteiger partial charge < -0.3 is 29.2 Å². The van der Waals surface area contributed by atoms with Crippen molar-refractivity contribution in [2.75, 3.05) is 38.7 Å². The Hall–Kier alpha value is -5.57. The van der Waals surface area contributed by atoms with Crippen LogP contribution in [0.5, 0.6) is 23.0 Å². The van der Waals surface area contributed by atoms with Gasteiger partial charge in [0.25, 0.3) is 0 Å². The predicted octanol–water partition coefficient (Wildman–Crippen LogP) is 5.58. The maximum Gasteiger partial charge on any atom is 0.238 e. The van der Waals surface area contributed by atoms with Gasteiger partial charge in [-0.25, -0.2) is 0 Å². The zero-order chi connectivity index (χ0) is 32.2. The highest BCUT2D eigenvalue weighted by Crippen LogP contribution is 2.58. The van der Waals surface area contributed by atoms with E-state index in [0.29, 0.717) is 45.4 Å². The zero-order valence-electron chi connectivity index (χ0n) is 25.8. The number of nitrogens with zero attached hydrogens (tertiary/aromatic N) is 1. The molecule has 9 nitrogen and oxygen atoms in total. The molecule has 7 rings (SSSR count). The van der Waals surface area contributed by atoms with Gasteiger partial charge in [0, 0.05) is 22.5 Å². The molecular formula is C37H32N2O7. The number of Topliss-reactive ketones (excluding diaryl/α,β-unsaturated/α-hetero) is 2. The molecule has 1 spiro atoms. The molecule has 0 unspecified atom stereocenters. The standard InChI is InChI=1S/C37H32N2O7/c1-43-28-17-14-22(19-30(28)45-3)33(40)32-27-16-13-21-9-5-8-12-26(21)39(27)35(34(41)23-15-18-29(44-2)31(20-23)46-4)37(32)24-10-6-7-11-25(24)38-36(37)42/h5-20,27,32,35H,1-4H3,(H,38,42)/t27-,32+,35-,37-/m0/s1. The van der Waals surface area contributed by atoms with Gasteiger partial charge in [0.2, 0.25) is 5.91 Å². The average Bonchev–Trinajstić information content (AvgIpc) is 3.58. The van der Waals surface area contributed by atoms with Crippen LogP contribution in [-0.2, 0) is 10.2 Å². The van der Waals surface area contributed by atoms with Gasteiger partial charge in [-0.05, 0) is 59.7 Å². The number of nitrogens with one attached hydrogen (secondary N) is 1. The van der Waals surface area contributed by atoms with Crippen LogP contribution in [0.2, 0.25) is 0 Å². The number of benzene rings is 4. The number of carbonyl (C=O) groups is 3. The topological polar surface area (TPSA) is 103 Å². The maximum absolute atomic E-state index is 15.1. The summed E-state index contributed by atoms with van der Waals surface area (Å²) in [6, 6.07) is 23.2. The van der Waals surface area contributed by atoms with Crippen molar-refractivity contribution < 1.29 is 33.3 Å². The number of methoxy groups -OCH3 is 4. The number of hydrogen-bond donors (Lipinski definition) is 1. The van der Waals surface area contributed by atoms with Crippen LogP contribution in [0.3, 0.4) is 0 Å². The fourth-order valence-corrected chi connectivity index (χ4v) is 7.45. The monoisotopic (exact) mass is 616 g/mol. The third-order valence-corrected chi connectivity index (χ3v) is 9.41. The average molecular weight is 617 g/mol. The van der Waals surface area contributed by atoms with Crippen molar-refractivity contribution in [2.45, 2.75) is 17.5 Å². The first-order chi connectivity index (χ1) is 22.4. The van der Waals surface area contributed by atoms with E-state index in [9.17, 15) is 4.79 Å². The van der Waals surface area contributed by atoms with Gasteiger partial charge in [0.05, 0.1) is 40.4 Å². The zero-order valence-corrected chi connectivity index (χ0v) is 25.8. The summed E-state index contributed by atoms with van der Waals surface area (Å²) in [4.78, 5) is 46.7. The summed E-state index contributed by atoms with van der Waals surface area (Å²) in [7, 11) is 6.06. The minimum atomic E-state index is -1.60. The van der Waals surface area contributed by atoms with Crippen molar-refractivity contribution in [3.63, 3.8) is 0 Å². The molecule has 4 atom stereocenters. The number of anilines is 2. The summed E-state index contributed by atoms with van der Waals surface area (Å²) < 4.78 is 21.9. The Morgan fingerprint density at radius 3 is 1.96 bits per heavy atom. The summed E-state index contributed by atoms with van der Waals surface area (Å²) in [6.07, 6.45) is 3.89. The molecule has 0 radical (unpaired) electrons. The number of amides is 1. The van der Waals surface area contributed by atoms with Gasteiger partial charge in [0.15, 0.2) is 34.6 Å². The molecule has 4 aromatic rings. The SMILES string of the molecule is COc1ccc(C(=O)[C@@H]2N3c4ccccc4C=C[C@H]3[C@H](C(=O)c3ccc(OC)c(OC)c3)[C@]23C(=O)Nc2ccccc23)cc1OC. The quantitative estimate of drug-likeness (QED) is 0.256. The van der Waals surface area contributed by atoms with Gasteiger partial charge in [-0.2, -0.15) is 0 Å². The molecule has 0 bridgehead atoms. The molecule has 1 N–H and O–H groups in total. The Morgan fingerprint density at radius 2 is 1.30 bits per heavy atom. The van der Waals surface area contributed by atoms with E-state index in [0.717, 1.165) is 11.3 Å². The Bertz CT molecular complexity index is 1930. The highest BCUT2D eigenvalue weighted by Gasteiger charge is 2.71. The molecule has 3 aliphatic rings. The molecule has 0 aliphatic carbocycles. The lowest BCUT2D eigenvalue weighted by atomic mass is 9.63. The summed E-state index contributed by atoms with van der Waals surface area (Å²) >= 11 is 0. The Labute approximate surface area is 266 Å². The van der Waals surface area contributed by atoms with Crippen LogP contribution in [-0.4, -0.2) is 58.0 Å². The molecule has 46 heavy (non-hydrogen) atoms. The number of ether oxygens (including phenoxy) is 4. The lowest BCUT2D eigenvalue weighted by Crippen LogP contribution is -2.55.